The Hall–Kier alpha value is -3.60. The number of rotatable bonds is 4. The van der Waals surface area contributed by atoms with E-state index in [0.717, 1.165) is 5.56 Å². The van der Waals surface area contributed by atoms with Crippen LogP contribution in [0.15, 0.2) is 72.8 Å². The van der Waals surface area contributed by atoms with Gasteiger partial charge in [-0.2, -0.15) is 0 Å². The summed E-state index contributed by atoms with van der Waals surface area (Å²) in [5, 5.41) is 2.93. The summed E-state index contributed by atoms with van der Waals surface area (Å²) in [5.41, 5.74) is 4.15. The van der Waals surface area contributed by atoms with Gasteiger partial charge in [0.15, 0.2) is 6.10 Å². The summed E-state index contributed by atoms with van der Waals surface area (Å²) in [5.74, 6) is 0.303. The molecule has 0 saturated carbocycles. The average Bonchev–Trinajstić information content (AvgIpc) is 2.77. The van der Waals surface area contributed by atoms with Crippen molar-refractivity contribution in [1.29, 1.82) is 0 Å². The third kappa shape index (κ3) is 4.52. The third-order valence-electron chi connectivity index (χ3n) is 5.62. The second-order valence-corrected chi connectivity index (χ2v) is 9.13. The number of amides is 2. The zero-order valence-corrected chi connectivity index (χ0v) is 18.9. The number of fused-ring (bicyclic) bond motifs is 1. The Morgan fingerprint density at radius 2 is 1.69 bits per heavy atom. The topological polar surface area (TPSA) is 58.6 Å². The normalized spacial score (nSPS) is 15.7. The minimum atomic E-state index is -0.595. The van der Waals surface area contributed by atoms with Crippen molar-refractivity contribution < 1.29 is 14.3 Å². The quantitative estimate of drug-likeness (QED) is 0.593. The molecule has 32 heavy (non-hydrogen) atoms. The van der Waals surface area contributed by atoms with Crippen LogP contribution in [-0.2, 0) is 16.8 Å². The fourth-order valence-electron chi connectivity index (χ4n) is 3.74. The molecule has 4 rings (SSSR count). The van der Waals surface area contributed by atoms with E-state index < -0.39 is 6.10 Å². The Kier molecular flexibility index (Phi) is 5.74. The standard InChI is InChI=1S/C27H28N2O3/c1-18-26(31)29(17-19-8-6-5-7-9-19)23-15-14-22(16-24(23)32-18)28-25(30)20-10-12-21(13-11-20)27(2,3)4/h5-16,18H,17H2,1-4H3,(H,28,30). The summed E-state index contributed by atoms with van der Waals surface area (Å²) in [7, 11) is 0. The Balaban J connectivity index is 1.54. The van der Waals surface area contributed by atoms with Crippen LogP contribution in [0.5, 0.6) is 5.75 Å². The maximum atomic E-state index is 12.8. The number of benzene rings is 3. The number of hydrogen-bond acceptors (Lipinski definition) is 3. The minimum absolute atomic E-state index is 0.0323. The van der Waals surface area contributed by atoms with Gasteiger partial charge in [-0.3, -0.25) is 9.59 Å². The molecule has 1 heterocycles. The molecule has 1 aliphatic heterocycles. The molecule has 0 bridgehead atoms. The zero-order valence-electron chi connectivity index (χ0n) is 18.9. The molecular weight excluding hydrogens is 400 g/mol. The number of carbonyl (C=O) groups excluding carboxylic acids is 2. The summed E-state index contributed by atoms with van der Waals surface area (Å²) in [4.78, 5) is 27.2. The monoisotopic (exact) mass is 428 g/mol. The lowest BCUT2D eigenvalue weighted by Crippen LogP contribution is -2.44. The SMILES string of the molecule is CC1Oc2cc(NC(=O)c3ccc(C(C)(C)C)cc3)ccc2N(Cc2ccccc2)C1=O. The van der Waals surface area contributed by atoms with Crippen LogP contribution in [0, 0.1) is 0 Å². The maximum absolute atomic E-state index is 12.8. The van der Waals surface area contributed by atoms with Gasteiger partial charge >= 0.3 is 0 Å². The Morgan fingerprint density at radius 3 is 2.34 bits per heavy atom. The minimum Gasteiger partial charge on any atom is -0.479 e. The number of carbonyl (C=O) groups is 2. The van der Waals surface area contributed by atoms with Gasteiger partial charge in [0.2, 0.25) is 0 Å². The molecule has 164 valence electrons. The fourth-order valence-corrected chi connectivity index (χ4v) is 3.74. The number of nitrogens with zero attached hydrogens (tertiary/aromatic N) is 1. The van der Waals surface area contributed by atoms with Gasteiger partial charge in [0.05, 0.1) is 12.2 Å². The van der Waals surface area contributed by atoms with E-state index in [1.54, 1.807) is 24.0 Å². The second-order valence-electron chi connectivity index (χ2n) is 9.13. The molecule has 1 atom stereocenters. The predicted molar refractivity (Wildman–Crippen MR) is 127 cm³/mol. The summed E-state index contributed by atoms with van der Waals surface area (Å²) in [6, 6.07) is 22.9. The van der Waals surface area contributed by atoms with Crippen LogP contribution < -0.4 is 15.0 Å². The highest BCUT2D eigenvalue weighted by Crippen LogP contribution is 2.37. The Labute approximate surface area is 189 Å². The average molecular weight is 429 g/mol. The van der Waals surface area contributed by atoms with Crippen molar-refractivity contribution in [2.45, 2.75) is 45.8 Å². The molecule has 1 N–H and O–H groups in total. The van der Waals surface area contributed by atoms with Crippen LogP contribution in [0.1, 0.15) is 49.2 Å². The molecule has 1 aliphatic rings. The van der Waals surface area contributed by atoms with Gasteiger partial charge in [-0.05, 0) is 47.7 Å². The van der Waals surface area contributed by atoms with Gasteiger partial charge in [0.1, 0.15) is 5.75 Å². The first-order chi connectivity index (χ1) is 15.2. The van der Waals surface area contributed by atoms with Crippen LogP contribution in [-0.4, -0.2) is 17.9 Å². The van der Waals surface area contributed by atoms with Crippen molar-refractivity contribution in [2.24, 2.45) is 0 Å². The number of anilines is 2. The summed E-state index contributed by atoms with van der Waals surface area (Å²) in [6.45, 7) is 8.63. The first-order valence-electron chi connectivity index (χ1n) is 10.8. The highest BCUT2D eigenvalue weighted by atomic mass is 16.5. The van der Waals surface area contributed by atoms with Crippen molar-refractivity contribution in [3.05, 3.63) is 89.5 Å². The molecule has 0 aliphatic carbocycles. The van der Waals surface area contributed by atoms with E-state index in [2.05, 4.69) is 26.1 Å². The maximum Gasteiger partial charge on any atom is 0.268 e. The number of ether oxygens (including phenoxy) is 1. The molecule has 1 unspecified atom stereocenters. The highest BCUT2D eigenvalue weighted by molar-refractivity contribution is 6.05. The zero-order chi connectivity index (χ0) is 22.9. The van der Waals surface area contributed by atoms with Gasteiger partial charge in [0, 0.05) is 17.3 Å². The van der Waals surface area contributed by atoms with E-state index in [9.17, 15) is 9.59 Å². The fraction of sp³-hybridized carbons (Fsp3) is 0.259. The lowest BCUT2D eigenvalue weighted by molar-refractivity contribution is -0.125. The van der Waals surface area contributed by atoms with Crippen LogP contribution in [0.3, 0.4) is 0 Å². The first kappa shape index (κ1) is 21.6. The molecule has 3 aromatic carbocycles. The van der Waals surface area contributed by atoms with Gasteiger partial charge in [-0.25, -0.2) is 0 Å². The van der Waals surface area contributed by atoms with E-state index in [1.807, 2.05) is 60.7 Å². The molecule has 0 radical (unpaired) electrons. The largest absolute Gasteiger partial charge is 0.479 e. The molecule has 5 heteroatoms. The summed E-state index contributed by atoms with van der Waals surface area (Å²) >= 11 is 0. The van der Waals surface area contributed by atoms with Crippen molar-refractivity contribution in [3.63, 3.8) is 0 Å². The molecule has 0 spiro atoms. The van der Waals surface area contributed by atoms with Gasteiger partial charge in [0.25, 0.3) is 11.8 Å². The van der Waals surface area contributed by atoms with Crippen molar-refractivity contribution in [1.82, 2.24) is 0 Å². The van der Waals surface area contributed by atoms with Crippen molar-refractivity contribution in [3.8, 4) is 5.75 Å². The van der Waals surface area contributed by atoms with E-state index in [4.69, 9.17) is 4.74 Å². The van der Waals surface area contributed by atoms with E-state index in [-0.39, 0.29) is 17.2 Å². The second kappa shape index (κ2) is 8.50. The smallest absolute Gasteiger partial charge is 0.268 e. The molecule has 2 amide bonds. The van der Waals surface area contributed by atoms with E-state index >= 15 is 0 Å². The lowest BCUT2D eigenvalue weighted by Gasteiger charge is -2.33. The van der Waals surface area contributed by atoms with Gasteiger partial charge in [-0.15, -0.1) is 0 Å². The summed E-state index contributed by atoms with van der Waals surface area (Å²) < 4.78 is 5.85. The van der Waals surface area contributed by atoms with Crippen molar-refractivity contribution >= 4 is 23.2 Å². The molecule has 0 saturated heterocycles. The molecule has 0 fully saturated rings. The van der Waals surface area contributed by atoms with E-state index in [1.165, 1.54) is 5.56 Å². The van der Waals surface area contributed by atoms with Gasteiger partial charge < -0.3 is 15.0 Å². The molecular formula is C27H28N2O3. The van der Waals surface area contributed by atoms with Crippen LogP contribution in [0.25, 0.3) is 0 Å². The highest BCUT2D eigenvalue weighted by Gasteiger charge is 2.31. The number of nitrogens with one attached hydrogen (secondary N) is 1. The molecule has 5 nitrogen and oxygen atoms in total. The molecule has 0 aromatic heterocycles. The number of hydrogen-bond donors (Lipinski definition) is 1. The van der Waals surface area contributed by atoms with Crippen LogP contribution in [0.4, 0.5) is 11.4 Å². The summed E-state index contributed by atoms with van der Waals surface area (Å²) in [6.07, 6.45) is -0.595. The Bertz CT molecular complexity index is 1130. The molecule has 3 aromatic rings. The van der Waals surface area contributed by atoms with Crippen LogP contribution >= 0.6 is 0 Å². The van der Waals surface area contributed by atoms with E-state index in [0.29, 0.717) is 29.2 Å². The first-order valence-corrected chi connectivity index (χ1v) is 10.8. The third-order valence-corrected chi connectivity index (χ3v) is 5.62. The Morgan fingerprint density at radius 1 is 1.00 bits per heavy atom. The van der Waals surface area contributed by atoms with Crippen molar-refractivity contribution in [2.75, 3.05) is 10.2 Å². The predicted octanol–water partition coefficient (Wildman–Crippen LogP) is 5.55. The van der Waals surface area contributed by atoms with Crippen LogP contribution in [0.2, 0.25) is 0 Å². The van der Waals surface area contributed by atoms with Gasteiger partial charge in [-0.1, -0.05) is 63.2 Å². The lowest BCUT2D eigenvalue weighted by atomic mass is 9.87.